The zero-order chi connectivity index (χ0) is 20.7. The van der Waals surface area contributed by atoms with Gasteiger partial charge in [-0.1, -0.05) is 37.5 Å². The highest BCUT2D eigenvalue weighted by Crippen LogP contribution is 2.25. The van der Waals surface area contributed by atoms with Gasteiger partial charge in [-0.15, -0.1) is 0 Å². The summed E-state index contributed by atoms with van der Waals surface area (Å²) in [6, 6.07) is 9.25. The first-order valence-electron chi connectivity index (χ1n) is 11.0. The van der Waals surface area contributed by atoms with E-state index in [1.165, 1.54) is 32.1 Å². The van der Waals surface area contributed by atoms with Crippen molar-refractivity contribution in [2.75, 3.05) is 33.2 Å². The summed E-state index contributed by atoms with van der Waals surface area (Å²) in [5, 5.41) is 3.05. The van der Waals surface area contributed by atoms with Gasteiger partial charge in [-0.25, -0.2) is 8.42 Å². The van der Waals surface area contributed by atoms with Crippen molar-refractivity contribution in [1.82, 2.24) is 14.5 Å². The Kier molecular flexibility index (Phi) is 8.09. The van der Waals surface area contributed by atoms with E-state index in [0.717, 1.165) is 19.4 Å². The monoisotopic (exact) mass is 421 g/mol. The third-order valence-electron chi connectivity index (χ3n) is 6.41. The highest BCUT2D eigenvalue weighted by Gasteiger charge is 2.30. The van der Waals surface area contributed by atoms with Gasteiger partial charge in [0.1, 0.15) is 0 Å². The molecule has 1 N–H and O–H groups in total. The molecule has 7 heteroatoms. The first-order chi connectivity index (χ1) is 14.0. The fraction of sp³-hybridized carbons (Fsp3) is 0.682. The highest BCUT2D eigenvalue weighted by atomic mass is 32.2. The second-order valence-corrected chi connectivity index (χ2v) is 10.4. The SMILES string of the molecule is CN(CCNC(=O)CC1CCN(S(=O)(=O)c2ccccc2)CC1)C1CCCCC1. The molecule has 1 saturated heterocycles. The summed E-state index contributed by atoms with van der Waals surface area (Å²) in [7, 11) is -1.26. The molecule has 2 fully saturated rings. The van der Waals surface area contributed by atoms with Crippen molar-refractivity contribution >= 4 is 15.9 Å². The van der Waals surface area contributed by atoms with Gasteiger partial charge in [0.15, 0.2) is 0 Å². The van der Waals surface area contributed by atoms with Crippen molar-refractivity contribution in [3.8, 4) is 0 Å². The maximum absolute atomic E-state index is 12.7. The lowest BCUT2D eigenvalue weighted by molar-refractivity contribution is -0.122. The van der Waals surface area contributed by atoms with E-state index in [-0.39, 0.29) is 11.8 Å². The van der Waals surface area contributed by atoms with Crippen LogP contribution in [0.4, 0.5) is 0 Å². The second-order valence-electron chi connectivity index (χ2n) is 8.49. The number of nitrogens with zero attached hydrogens (tertiary/aromatic N) is 2. The maximum Gasteiger partial charge on any atom is 0.243 e. The van der Waals surface area contributed by atoms with E-state index in [1.54, 1.807) is 28.6 Å². The number of nitrogens with one attached hydrogen (secondary N) is 1. The van der Waals surface area contributed by atoms with Crippen molar-refractivity contribution in [2.45, 2.75) is 62.3 Å². The molecule has 1 heterocycles. The van der Waals surface area contributed by atoms with Crippen LogP contribution in [-0.4, -0.2) is 62.8 Å². The van der Waals surface area contributed by atoms with Crippen molar-refractivity contribution in [3.63, 3.8) is 0 Å². The van der Waals surface area contributed by atoms with Gasteiger partial charge in [0.25, 0.3) is 0 Å². The smallest absolute Gasteiger partial charge is 0.243 e. The molecular weight excluding hydrogens is 386 g/mol. The third-order valence-corrected chi connectivity index (χ3v) is 8.33. The highest BCUT2D eigenvalue weighted by molar-refractivity contribution is 7.89. The van der Waals surface area contributed by atoms with Gasteiger partial charge in [-0.3, -0.25) is 4.79 Å². The number of piperidine rings is 1. The molecule has 29 heavy (non-hydrogen) atoms. The van der Waals surface area contributed by atoms with E-state index >= 15 is 0 Å². The minimum absolute atomic E-state index is 0.0893. The van der Waals surface area contributed by atoms with Crippen LogP contribution in [0.1, 0.15) is 51.4 Å². The molecule has 1 saturated carbocycles. The molecule has 2 aliphatic rings. The predicted molar refractivity (Wildman–Crippen MR) is 115 cm³/mol. The second kappa shape index (κ2) is 10.5. The van der Waals surface area contributed by atoms with Gasteiger partial charge in [0.2, 0.25) is 15.9 Å². The van der Waals surface area contributed by atoms with Crippen molar-refractivity contribution < 1.29 is 13.2 Å². The van der Waals surface area contributed by atoms with E-state index in [4.69, 9.17) is 0 Å². The van der Waals surface area contributed by atoms with Crippen LogP contribution in [0.5, 0.6) is 0 Å². The summed E-state index contributed by atoms with van der Waals surface area (Å²) >= 11 is 0. The van der Waals surface area contributed by atoms with E-state index in [0.29, 0.717) is 37.0 Å². The minimum atomic E-state index is -3.42. The molecule has 162 valence electrons. The molecule has 0 atom stereocenters. The van der Waals surface area contributed by atoms with Gasteiger partial charge in [0.05, 0.1) is 4.90 Å². The molecule has 0 aromatic heterocycles. The number of amides is 1. The van der Waals surface area contributed by atoms with Gasteiger partial charge in [-0.2, -0.15) is 4.31 Å². The van der Waals surface area contributed by atoms with Crippen LogP contribution < -0.4 is 5.32 Å². The van der Waals surface area contributed by atoms with Gasteiger partial charge in [0, 0.05) is 38.6 Å². The van der Waals surface area contributed by atoms with Crippen LogP contribution in [0.3, 0.4) is 0 Å². The van der Waals surface area contributed by atoms with Gasteiger partial charge >= 0.3 is 0 Å². The number of sulfonamides is 1. The van der Waals surface area contributed by atoms with Crippen LogP contribution in [-0.2, 0) is 14.8 Å². The van der Waals surface area contributed by atoms with Crippen molar-refractivity contribution in [2.24, 2.45) is 5.92 Å². The molecule has 0 unspecified atom stereocenters. The van der Waals surface area contributed by atoms with Crippen LogP contribution in [0.15, 0.2) is 35.2 Å². The summed E-state index contributed by atoms with van der Waals surface area (Å²) in [6.45, 7) is 2.55. The molecule has 1 aliphatic heterocycles. The molecule has 1 aromatic carbocycles. The Morgan fingerprint density at radius 2 is 1.72 bits per heavy atom. The summed E-state index contributed by atoms with van der Waals surface area (Å²) in [6.07, 6.45) is 8.51. The topological polar surface area (TPSA) is 69.7 Å². The number of rotatable bonds is 8. The van der Waals surface area contributed by atoms with Crippen molar-refractivity contribution in [3.05, 3.63) is 30.3 Å². The first-order valence-corrected chi connectivity index (χ1v) is 12.4. The Labute approximate surface area is 175 Å². The third kappa shape index (κ3) is 6.27. The Hall–Kier alpha value is -1.44. The number of likely N-dealkylation sites (N-methyl/N-ethyl adjacent to an activating group) is 1. The number of carbonyl (C=O) groups excluding carboxylic acids is 1. The zero-order valence-electron chi connectivity index (χ0n) is 17.6. The Bertz CT molecular complexity index is 740. The quantitative estimate of drug-likeness (QED) is 0.701. The number of benzene rings is 1. The molecule has 3 rings (SSSR count). The fourth-order valence-electron chi connectivity index (χ4n) is 4.51. The Balaban J connectivity index is 1.36. The lowest BCUT2D eigenvalue weighted by Crippen LogP contribution is -2.41. The van der Waals surface area contributed by atoms with Gasteiger partial charge < -0.3 is 10.2 Å². The lowest BCUT2D eigenvalue weighted by atomic mass is 9.94. The number of carbonyl (C=O) groups is 1. The lowest BCUT2D eigenvalue weighted by Gasteiger charge is -2.32. The molecule has 6 nitrogen and oxygen atoms in total. The van der Waals surface area contributed by atoms with E-state index in [9.17, 15) is 13.2 Å². The largest absolute Gasteiger partial charge is 0.355 e. The molecule has 1 aromatic rings. The van der Waals surface area contributed by atoms with Crippen LogP contribution in [0.25, 0.3) is 0 Å². The standard InChI is InChI=1S/C22H35N3O3S/c1-24(20-8-4-2-5-9-20)17-14-23-22(26)18-19-12-15-25(16-13-19)29(27,28)21-10-6-3-7-11-21/h3,6-7,10-11,19-20H,2,4-5,8-9,12-18H2,1H3,(H,23,26). The molecule has 0 radical (unpaired) electrons. The van der Waals surface area contributed by atoms with Crippen LogP contribution >= 0.6 is 0 Å². The average Bonchev–Trinajstić information content (AvgIpc) is 2.75. The van der Waals surface area contributed by atoms with Gasteiger partial charge in [-0.05, 0) is 50.8 Å². The number of hydrogen-bond donors (Lipinski definition) is 1. The summed E-state index contributed by atoms with van der Waals surface area (Å²) < 4.78 is 26.9. The molecule has 0 spiro atoms. The zero-order valence-corrected chi connectivity index (χ0v) is 18.4. The maximum atomic E-state index is 12.7. The fourth-order valence-corrected chi connectivity index (χ4v) is 6.00. The van der Waals surface area contributed by atoms with Crippen LogP contribution in [0, 0.1) is 5.92 Å². The summed E-state index contributed by atoms with van der Waals surface area (Å²) in [4.78, 5) is 15.0. The molecule has 0 bridgehead atoms. The van der Waals surface area contributed by atoms with E-state index in [1.807, 2.05) is 6.07 Å². The molecular formula is C22H35N3O3S. The molecule has 1 amide bonds. The average molecular weight is 422 g/mol. The predicted octanol–water partition coefficient (Wildman–Crippen LogP) is 2.86. The normalized spacial score (nSPS) is 20.1. The minimum Gasteiger partial charge on any atom is -0.355 e. The van der Waals surface area contributed by atoms with Crippen LogP contribution in [0.2, 0.25) is 0 Å². The number of hydrogen-bond acceptors (Lipinski definition) is 4. The Morgan fingerprint density at radius 1 is 1.07 bits per heavy atom. The summed E-state index contributed by atoms with van der Waals surface area (Å²) in [5.41, 5.74) is 0. The Morgan fingerprint density at radius 3 is 2.38 bits per heavy atom. The summed E-state index contributed by atoms with van der Waals surface area (Å²) in [5.74, 6) is 0.347. The van der Waals surface area contributed by atoms with Crippen molar-refractivity contribution in [1.29, 1.82) is 0 Å². The van der Waals surface area contributed by atoms with E-state index in [2.05, 4.69) is 17.3 Å². The molecule has 1 aliphatic carbocycles. The van der Waals surface area contributed by atoms with E-state index < -0.39 is 10.0 Å². The first kappa shape index (κ1) is 22.2.